The van der Waals surface area contributed by atoms with Crippen LogP contribution >= 0.6 is 27.3 Å². The molecule has 28 heavy (non-hydrogen) atoms. The lowest BCUT2D eigenvalue weighted by atomic mass is 10.1. The highest BCUT2D eigenvalue weighted by atomic mass is 79.9. The van der Waals surface area contributed by atoms with Crippen LogP contribution in [0.15, 0.2) is 46.3 Å². The van der Waals surface area contributed by atoms with Crippen LogP contribution in [0.1, 0.15) is 10.7 Å². The first-order valence-electron chi connectivity index (χ1n) is 9.30. The quantitative estimate of drug-likeness (QED) is 0.576. The molecule has 1 saturated heterocycles. The van der Waals surface area contributed by atoms with Crippen molar-refractivity contribution in [2.45, 2.75) is 13.5 Å². The van der Waals surface area contributed by atoms with E-state index in [9.17, 15) is 4.79 Å². The van der Waals surface area contributed by atoms with Crippen molar-refractivity contribution in [1.29, 1.82) is 0 Å². The molecule has 1 fully saturated rings. The molecule has 3 aromatic rings. The molecule has 2 aromatic carbocycles. The third-order valence-corrected chi connectivity index (χ3v) is 6.23. The maximum Gasteiger partial charge on any atom is 0.260 e. The lowest BCUT2D eigenvalue weighted by Gasteiger charge is -2.34. The van der Waals surface area contributed by atoms with Crippen molar-refractivity contribution in [3.63, 3.8) is 0 Å². The number of aromatic nitrogens is 1. The molecule has 0 radical (unpaired) electrons. The van der Waals surface area contributed by atoms with Gasteiger partial charge in [-0.3, -0.25) is 9.69 Å². The summed E-state index contributed by atoms with van der Waals surface area (Å²) in [6.07, 6.45) is 0. The standard InChI is InChI=1S/C21H22BrN3O2S/c1-15-23-19(14-28-15)12-24-6-8-25(9-7-24)21(26)13-27-20-5-3-16-10-18(22)4-2-17(16)11-20/h2-5,10-11,14H,6-9,12-13H2,1H3. The number of amides is 1. The summed E-state index contributed by atoms with van der Waals surface area (Å²) in [4.78, 5) is 21.3. The molecule has 1 amide bonds. The Hall–Kier alpha value is -1.96. The van der Waals surface area contributed by atoms with Gasteiger partial charge in [-0.2, -0.15) is 0 Å². The summed E-state index contributed by atoms with van der Waals surface area (Å²) in [6.45, 7) is 6.16. The fraction of sp³-hybridized carbons (Fsp3) is 0.333. The van der Waals surface area contributed by atoms with E-state index in [0.717, 1.165) is 64.4 Å². The molecule has 7 heteroatoms. The second kappa shape index (κ2) is 8.59. The molecule has 0 spiro atoms. The molecule has 1 aliphatic heterocycles. The summed E-state index contributed by atoms with van der Waals surface area (Å²) in [5.41, 5.74) is 1.12. The van der Waals surface area contributed by atoms with Gasteiger partial charge in [0.2, 0.25) is 0 Å². The zero-order valence-corrected chi connectivity index (χ0v) is 18.1. The number of hydrogen-bond acceptors (Lipinski definition) is 5. The molecule has 1 aromatic heterocycles. The van der Waals surface area contributed by atoms with Crippen LogP contribution in [0, 0.1) is 6.92 Å². The number of halogens is 1. The third kappa shape index (κ3) is 4.71. The summed E-state index contributed by atoms with van der Waals surface area (Å²) in [5.74, 6) is 0.765. The van der Waals surface area contributed by atoms with Gasteiger partial charge < -0.3 is 9.64 Å². The summed E-state index contributed by atoms with van der Waals surface area (Å²) in [5, 5.41) is 5.45. The molecule has 0 saturated carbocycles. The van der Waals surface area contributed by atoms with Crippen LogP contribution in [0.2, 0.25) is 0 Å². The van der Waals surface area contributed by atoms with Crippen molar-refractivity contribution in [2.24, 2.45) is 0 Å². The van der Waals surface area contributed by atoms with Gasteiger partial charge in [-0.15, -0.1) is 11.3 Å². The first-order valence-corrected chi connectivity index (χ1v) is 11.0. The average molecular weight is 460 g/mol. The van der Waals surface area contributed by atoms with Gasteiger partial charge in [0.05, 0.1) is 10.7 Å². The van der Waals surface area contributed by atoms with E-state index in [0.29, 0.717) is 0 Å². The van der Waals surface area contributed by atoms with Crippen LogP contribution in [0.5, 0.6) is 5.75 Å². The highest BCUT2D eigenvalue weighted by Crippen LogP contribution is 2.24. The van der Waals surface area contributed by atoms with Crippen molar-refractivity contribution < 1.29 is 9.53 Å². The van der Waals surface area contributed by atoms with Gasteiger partial charge in [-0.05, 0) is 42.0 Å². The number of carbonyl (C=O) groups excluding carboxylic acids is 1. The molecule has 2 heterocycles. The maximum absolute atomic E-state index is 12.5. The molecule has 0 N–H and O–H groups in total. The highest BCUT2D eigenvalue weighted by molar-refractivity contribution is 9.10. The largest absolute Gasteiger partial charge is 0.484 e. The van der Waals surface area contributed by atoms with E-state index in [4.69, 9.17) is 4.74 Å². The van der Waals surface area contributed by atoms with Gasteiger partial charge in [0.25, 0.3) is 5.91 Å². The Morgan fingerprint density at radius 3 is 2.64 bits per heavy atom. The number of rotatable bonds is 5. The second-order valence-corrected chi connectivity index (χ2v) is 8.93. The van der Waals surface area contributed by atoms with E-state index in [1.54, 1.807) is 11.3 Å². The number of nitrogens with zero attached hydrogens (tertiary/aromatic N) is 3. The predicted molar refractivity (Wildman–Crippen MR) is 116 cm³/mol. The Labute approximate surface area is 177 Å². The minimum atomic E-state index is 0.0417. The van der Waals surface area contributed by atoms with Crippen LogP contribution in [-0.2, 0) is 11.3 Å². The number of benzene rings is 2. The zero-order chi connectivity index (χ0) is 19.5. The van der Waals surface area contributed by atoms with Gasteiger partial charge in [-0.25, -0.2) is 4.98 Å². The zero-order valence-electron chi connectivity index (χ0n) is 15.7. The van der Waals surface area contributed by atoms with E-state index in [1.165, 1.54) is 0 Å². The van der Waals surface area contributed by atoms with Crippen LogP contribution in [0.25, 0.3) is 10.8 Å². The number of carbonyl (C=O) groups is 1. The fourth-order valence-electron chi connectivity index (χ4n) is 3.39. The summed E-state index contributed by atoms with van der Waals surface area (Å²) in [7, 11) is 0. The summed E-state index contributed by atoms with van der Waals surface area (Å²) < 4.78 is 6.81. The molecule has 0 aliphatic carbocycles. The van der Waals surface area contributed by atoms with E-state index >= 15 is 0 Å². The topological polar surface area (TPSA) is 45.7 Å². The van der Waals surface area contributed by atoms with Gasteiger partial charge in [0.15, 0.2) is 6.61 Å². The van der Waals surface area contributed by atoms with Crippen LogP contribution in [0.3, 0.4) is 0 Å². The van der Waals surface area contributed by atoms with E-state index in [1.807, 2.05) is 42.2 Å². The van der Waals surface area contributed by atoms with Gasteiger partial charge >= 0.3 is 0 Å². The van der Waals surface area contributed by atoms with Crippen molar-refractivity contribution in [3.05, 3.63) is 57.0 Å². The SMILES string of the molecule is Cc1nc(CN2CCN(C(=O)COc3ccc4cc(Br)ccc4c3)CC2)cs1. The predicted octanol–water partition coefficient (Wildman–Crippen LogP) is 4.09. The van der Waals surface area contributed by atoms with Crippen molar-refractivity contribution in [3.8, 4) is 5.75 Å². The Balaban J connectivity index is 1.27. The Morgan fingerprint density at radius 2 is 1.89 bits per heavy atom. The molecular weight excluding hydrogens is 438 g/mol. The molecule has 0 bridgehead atoms. The normalized spacial score (nSPS) is 15.1. The monoisotopic (exact) mass is 459 g/mol. The Morgan fingerprint density at radius 1 is 1.14 bits per heavy atom. The van der Waals surface area contributed by atoms with E-state index in [-0.39, 0.29) is 12.5 Å². The third-order valence-electron chi connectivity index (χ3n) is 4.91. The van der Waals surface area contributed by atoms with Crippen LogP contribution in [-0.4, -0.2) is 53.5 Å². The smallest absolute Gasteiger partial charge is 0.260 e. The number of fused-ring (bicyclic) bond motifs is 1. The second-order valence-electron chi connectivity index (χ2n) is 6.96. The summed E-state index contributed by atoms with van der Waals surface area (Å²) in [6, 6.07) is 12.0. The lowest BCUT2D eigenvalue weighted by Crippen LogP contribution is -2.49. The summed E-state index contributed by atoms with van der Waals surface area (Å²) >= 11 is 5.16. The molecule has 1 aliphatic rings. The molecule has 146 valence electrons. The number of ether oxygens (including phenoxy) is 1. The lowest BCUT2D eigenvalue weighted by molar-refractivity contribution is -0.135. The number of piperazine rings is 1. The first kappa shape index (κ1) is 19.4. The molecule has 0 atom stereocenters. The minimum Gasteiger partial charge on any atom is -0.484 e. The van der Waals surface area contributed by atoms with E-state index in [2.05, 4.69) is 37.3 Å². The first-order chi connectivity index (χ1) is 13.6. The number of thiazole rings is 1. The Bertz CT molecular complexity index is 983. The molecule has 0 unspecified atom stereocenters. The van der Waals surface area contributed by atoms with Gasteiger partial charge in [-0.1, -0.05) is 28.1 Å². The molecular formula is C21H22BrN3O2S. The molecule has 5 nitrogen and oxygen atoms in total. The van der Waals surface area contributed by atoms with Gasteiger partial charge in [0, 0.05) is 42.6 Å². The fourth-order valence-corrected chi connectivity index (χ4v) is 4.37. The van der Waals surface area contributed by atoms with Crippen molar-refractivity contribution in [1.82, 2.24) is 14.8 Å². The minimum absolute atomic E-state index is 0.0417. The van der Waals surface area contributed by atoms with E-state index < -0.39 is 0 Å². The average Bonchev–Trinajstić information content (AvgIpc) is 3.11. The molecule has 4 rings (SSSR count). The number of hydrogen-bond donors (Lipinski definition) is 0. The Kier molecular flexibility index (Phi) is 5.94. The number of aryl methyl sites for hydroxylation is 1. The van der Waals surface area contributed by atoms with Crippen LogP contribution in [0.4, 0.5) is 0 Å². The van der Waals surface area contributed by atoms with Crippen LogP contribution < -0.4 is 4.74 Å². The maximum atomic E-state index is 12.5. The van der Waals surface area contributed by atoms with Crippen molar-refractivity contribution in [2.75, 3.05) is 32.8 Å². The van der Waals surface area contributed by atoms with Crippen molar-refractivity contribution >= 4 is 43.9 Å². The highest BCUT2D eigenvalue weighted by Gasteiger charge is 2.22. The van der Waals surface area contributed by atoms with Gasteiger partial charge in [0.1, 0.15) is 5.75 Å².